The summed E-state index contributed by atoms with van der Waals surface area (Å²) in [5.41, 5.74) is 2.66. The Morgan fingerprint density at radius 2 is 1.86 bits per heavy atom. The Morgan fingerprint density at radius 3 is 2.55 bits per heavy atom. The fourth-order valence-electron chi connectivity index (χ4n) is 3.65. The summed E-state index contributed by atoms with van der Waals surface area (Å²) in [6.07, 6.45) is 3.88. The second-order valence-corrected chi connectivity index (χ2v) is 8.93. The lowest BCUT2D eigenvalue weighted by molar-refractivity contribution is -0.120. The number of amides is 1. The Hall–Kier alpha value is -2.74. The minimum atomic E-state index is -3.68. The zero-order chi connectivity index (χ0) is 21.0. The number of anilines is 1. The first-order valence-corrected chi connectivity index (χ1v) is 11.2. The minimum absolute atomic E-state index is 0.112. The van der Waals surface area contributed by atoms with Gasteiger partial charge in [0.2, 0.25) is 15.9 Å². The summed E-state index contributed by atoms with van der Waals surface area (Å²) >= 11 is 0. The Labute approximate surface area is 171 Å². The van der Waals surface area contributed by atoms with Crippen LogP contribution >= 0.6 is 0 Å². The van der Waals surface area contributed by atoms with Gasteiger partial charge in [-0.2, -0.15) is 0 Å². The molecular formula is C21H26N2O5S. The van der Waals surface area contributed by atoms with Crippen LogP contribution in [0.25, 0.3) is 0 Å². The van der Waals surface area contributed by atoms with Crippen molar-refractivity contribution in [1.29, 1.82) is 0 Å². The molecule has 0 aliphatic heterocycles. The van der Waals surface area contributed by atoms with Crippen LogP contribution in [0.2, 0.25) is 0 Å². The van der Waals surface area contributed by atoms with E-state index in [-0.39, 0.29) is 18.5 Å². The van der Waals surface area contributed by atoms with Crippen LogP contribution in [0, 0.1) is 0 Å². The average Bonchev–Trinajstić information content (AvgIpc) is 2.71. The number of aryl methyl sites for hydroxylation is 1. The van der Waals surface area contributed by atoms with E-state index in [1.54, 1.807) is 18.2 Å². The smallest absolute Gasteiger partial charge is 0.241 e. The number of carbonyl (C=O) groups is 1. The fraction of sp³-hybridized carbons (Fsp3) is 0.381. The number of nitrogens with zero attached hydrogens (tertiary/aromatic N) is 1. The number of benzene rings is 2. The van der Waals surface area contributed by atoms with E-state index in [2.05, 4.69) is 11.4 Å². The zero-order valence-electron chi connectivity index (χ0n) is 16.8. The van der Waals surface area contributed by atoms with Crippen molar-refractivity contribution < 1.29 is 22.7 Å². The maximum absolute atomic E-state index is 12.8. The van der Waals surface area contributed by atoms with E-state index in [4.69, 9.17) is 9.47 Å². The first-order valence-electron chi connectivity index (χ1n) is 9.40. The monoisotopic (exact) mass is 418 g/mol. The topological polar surface area (TPSA) is 84.9 Å². The molecule has 29 heavy (non-hydrogen) atoms. The van der Waals surface area contributed by atoms with Crippen molar-refractivity contribution in [1.82, 2.24) is 5.32 Å². The highest BCUT2D eigenvalue weighted by Gasteiger charge is 2.26. The van der Waals surface area contributed by atoms with E-state index in [0.29, 0.717) is 17.2 Å². The lowest BCUT2D eigenvalue weighted by Gasteiger charge is -2.28. The molecule has 2 aromatic carbocycles. The third-order valence-corrected chi connectivity index (χ3v) is 6.19. The molecule has 1 aliphatic carbocycles. The summed E-state index contributed by atoms with van der Waals surface area (Å²) in [5, 5.41) is 3.00. The van der Waals surface area contributed by atoms with Gasteiger partial charge >= 0.3 is 0 Å². The zero-order valence-corrected chi connectivity index (χ0v) is 17.7. The van der Waals surface area contributed by atoms with Gasteiger partial charge in [-0.15, -0.1) is 0 Å². The van der Waals surface area contributed by atoms with Crippen LogP contribution in [-0.4, -0.2) is 41.3 Å². The van der Waals surface area contributed by atoms with Gasteiger partial charge in [-0.3, -0.25) is 9.10 Å². The largest absolute Gasteiger partial charge is 0.493 e. The molecule has 0 fully saturated rings. The van der Waals surface area contributed by atoms with Crippen molar-refractivity contribution in [2.24, 2.45) is 0 Å². The van der Waals surface area contributed by atoms with Gasteiger partial charge in [-0.25, -0.2) is 8.42 Å². The number of methoxy groups -OCH3 is 2. The minimum Gasteiger partial charge on any atom is -0.493 e. The highest BCUT2D eigenvalue weighted by Crippen LogP contribution is 2.33. The molecule has 156 valence electrons. The molecule has 3 rings (SSSR count). The molecule has 2 aromatic rings. The van der Waals surface area contributed by atoms with E-state index < -0.39 is 10.0 Å². The predicted molar refractivity (Wildman–Crippen MR) is 112 cm³/mol. The highest BCUT2D eigenvalue weighted by atomic mass is 32.2. The van der Waals surface area contributed by atoms with Crippen LogP contribution in [-0.2, 0) is 21.2 Å². The average molecular weight is 419 g/mol. The van der Waals surface area contributed by atoms with Crippen LogP contribution in [0.4, 0.5) is 5.69 Å². The molecule has 0 unspecified atom stereocenters. The second-order valence-electron chi connectivity index (χ2n) is 7.02. The Morgan fingerprint density at radius 1 is 1.14 bits per heavy atom. The summed E-state index contributed by atoms with van der Waals surface area (Å²) in [7, 11) is -0.710. The van der Waals surface area contributed by atoms with Gasteiger partial charge in [0.25, 0.3) is 0 Å². The molecule has 1 amide bonds. The number of ether oxygens (including phenoxy) is 2. The molecule has 0 bridgehead atoms. The summed E-state index contributed by atoms with van der Waals surface area (Å²) in [6.45, 7) is -0.313. The van der Waals surface area contributed by atoms with Crippen molar-refractivity contribution in [2.45, 2.75) is 25.3 Å². The molecule has 7 nitrogen and oxygen atoms in total. The second kappa shape index (κ2) is 8.73. The molecule has 0 saturated carbocycles. The summed E-state index contributed by atoms with van der Waals surface area (Å²) in [4.78, 5) is 12.8. The van der Waals surface area contributed by atoms with Crippen LogP contribution < -0.4 is 19.1 Å². The van der Waals surface area contributed by atoms with E-state index in [0.717, 1.165) is 35.4 Å². The van der Waals surface area contributed by atoms with Gasteiger partial charge < -0.3 is 14.8 Å². The van der Waals surface area contributed by atoms with E-state index in [1.165, 1.54) is 19.8 Å². The Balaban J connectivity index is 1.81. The molecule has 0 spiro atoms. The van der Waals surface area contributed by atoms with Gasteiger partial charge in [-0.05, 0) is 42.5 Å². The quantitative estimate of drug-likeness (QED) is 0.747. The number of hydrogen-bond acceptors (Lipinski definition) is 5. The Kier molecular flexibility index (Phi) is 6.32. The summed E-state index contributed by atoms with van der Waals surface area (Å²) < 4.78 is 36.3. The number of sulfonamides is 1. The molecule has 1 atom stereocenters. The molecular weight excluding hydrogens is 392 g/mol. The van der Waals surface area contributed by atoms with Crippen molar-refractivity contribution in [3.63, 3.8) is 0 Å². The maximum Gasteiger partial charge on any atom is 0.241 e. The Bertz CT molecular complexity index is 990. The van der Waals surface area contributed by atoms with Gasteiger partial charge in [-0.1, -0.05) is 24.3 Å². The predicted octanol–water partition coefficient (Wildman–Crippen LogP) is 2.66. The third-order valence-electron chi connectivity index (χ3n) is 5.05. The normalized spacial score (nSPS) is 15.9. The molecule has 1 aliphatic rings. The van der Waals surface area contributed by atoms with E-state index in [9.17, 15) is 13.2 Å². The van der Waals surface area contributed by atoms with Crippen LogP contribution in [0.15, 0.2) is 42.5 Å². The molecule has 0 heterocycles. The SMILES string of the molecule is COc1ccc(N(CC(=O)N[C@@H]2CCCc3ccccc32)S(C)(=O)=O)cc1OC. The summed E-state index contributed by atoms with van der Waals surface area (Å²) in [6, 6.07) is 12.7. The number of fused-ring (bicyclic) bond motifs is 1. The van der Waals surface area contributed by atoms with Crippen molar-refractivity contribution in [2.75, 3.05) is 31.3 Å². The number of rotatable bonds is 7. The lowest BCUT2D eigenvalue weighted by atomic mass is 9.88. The third kappa shape index (κ3) is 4.82. The van der Waals surface area contributed by atoms with Gasteiger partial charge in [0, 0.05) is 6.07 Å². The molecule has 0 radical (unpaired) electrons. The molecule has 0 saturated heterocycles. The van der Waals surface area contributed by atoms with Gasteiger partial charge in [0.15, 0.2) is 11.5 Å². The van der Waals surface area contributed by atoms with Crippen LogP contribution in [0.1, 0.15) is 30.0 Å². The first kappa shape index (κ1) is 21.0. The molecule has 8 heteroatoms. The molecule has 1 N–H and O–H groups in total. The van der Waals surface area contributed by atoms with E-state index >= 15 is 0 Å². The van der Waals surface area contributed by atoms with Crippen LogP contribution in [0.3, 0.4) is 0 Å². The fourth-order valence-corrected chi connectivity index (χ4v) is 4.50. The molecule has 0 aromatic heterocycles. The number of nitrogens with one attached hydrogen (secondary N) is 1. The lowest BCUT2D eigenvalue weighted by Crippen LogP contribution is -2.42. The standard InChI is InChI=1S/C21H26N2O5S/c1-27-19-12-11-16(13-20(19)28-2)23(29(3,25)26)14-21(24)22-18-10-6-8-15-7-4-5-9-17(15)18/h4-5,7,9,11-13,18H,6,8,10,14H2,1-3H3,(H,22,24)/t18-/m1/s1. The van der Waals surface area contributed by atoms with Crippen molar-refractivity contribution in [3.05, 3.63) is 53.6 Å². The van der Waals surface area contributed by atoms with E-state index in [1.807, 2.05) is 18.2 Å². The van der Waals surface area contributed by atoms with Crippen LogP contribution in [0.5, 0.6) is 11.5 Å². The van der Waals surface area contributed by atoms with Gasteiger partial charge in [0.1, 0.15) is 6.54 Å². The number of hydrogen-bond donors (Lipinski definition) is 1. The summed E-state index contributed by atoms with van der Waals surface area (Å²) in [5.74, 6) is 0.514. The van der Waals surface area contributed by atoms with Gasteiger partial charge in [0.05, 0.1) is 32.2 Å². The maximum atomic E-state index is 12.8. The number of carbonyl (C=O) groups excluding carboxylic acids is 1. The van der Waals surface area contributed by atoms with Crippen molar-refractivity contribution >= 4 is 21.6 Å². The highest BCUT2D eigenvalue weighted by molar-refractivity contribution is 7.92. The van der Waals surface area contributed by atoms with Crippen molar-refractivity contribution in [3.8, 4) is 11.5 Å². The first-order chi connectivity index (χ1) is 13.8.